The molecule has 1 heterocycles. The molecule has 3 rings (SSSR count). The van der Waals surface area contributed by atoms with Crippen LogP contribution < -0.4 is 10.1 Å². The second-order valence-electron chi connectivity index (χ2n) is 6.76. The van der Waals surface area contributed by atoms with Crippen molar-refractivity contribution in [2.24, 2.45) is 0 Å². The van der Waals surface area contributed by atoms with Gasteiger partial charge in [0.25, 0.3) is 11.6 Å². The molecule has 1 aliphatic heterocycles. The van der Waals surface area contributed by atoms with Crippen LogP contribution in [-0.4, -0.2) is 30.1 Å². The molecule has 0 radical (unpaired) electrons. The van der Waals surface area contributed by atoms with Gasteiger partial charge in [0.2, 0.25) is 0 Å². The number of nitrogens with zero attached hydrogens (tertiary/aromatic N) is 2. The van der Waals surface area contributed by atoms with Gasteiger partial charge in [-0.3, -0.25) is 14.9 Å². The van der Waals surface area contributed by atoms with Crippen molar-refractivity contribution in [1.29, 1.82) is 5.26 Å². The van der Waals surface area contributed by atoms with Crippen LogP contribution in [0, 0.1) is 21.4 Å². The Morgan fingerprint density at radius 1 is 1.30 bits per heavy atom. The van der Waals surface area contributed by atoms with Gasteiger partial charge in [-0.25, -0.2) is 0 Å². The van der Waals surface area contributed by atoms with E-state index in [9.17, 15) is 20.2 Å². The quantitative estimate of drug-likeness (QED) is 0.310. The van der Waals surface area contributed by atoms with Crippen molar-refractivity contribution < 1.29 is 19.2 Å². The second-order valence-corrected chi connectivity index (χ2v) is 6.76. The van der Waals surface area contributed by atoms with Crippen LogP contribution in [0.2, 0.25) is 0 Å². The molecule has 0 spiro atoms. The lowest BCUT2D eigenvalue weighted by atomic mass is 10.1. The molecule has 8 heteroatoms. The number of nitro benzene ring substituents is 1. The Kier molecular flexibility index (Phi) is 7.14. The third-order valence-electron chi connectivity index (χ3n) is 4.64. The van der Waals surface area contributed by atoms with Crippen LogP contribution >= 0.6 is 0 Å². The number of ether oxygens (including phenoxy) is 2. The summed E-state index contributed by atoms with van der Waals surface area (Å²) in [5.41, 5.74) is 1.33. The number of hydrogen-bond acceptors (Lipinski definition) is 6. The number of para-hydroxylation sites is 1. The molecule has 2 aromatic rings. The first-order chi connectivity index (χ1) is 14.6. The van der Waals surface area contributed by atoms with Crippen LogP contribution in [0.3, 0.4) is 0 Å². The van der Waals surface area contributed by atoms with Gasteiger partial charge in [0.1, 0.15) is 24.0 Å². The molecule has 8 nitrogen and oxygen atoms in total. The van der Waals surface area contributed by atoms with Crippen LogP contribution in [0.4, 0.5) is 5.69 Å². The highest BCUT2D eigenvalue weighted by molar-refractivity contribution is 6.02. The Morgan fingerprint density at radius 2 is 2.07 bits per heavy atom. The molecule has 1 saturated heterocycles. The molecule has 0 bridgehead atoms. The van der Waals surface area contributed by atoms with Crippen molar-refractivity contribution in [2.45, 2.75) is 25.6 Å². The molecule has 154 valence electrons. The molecule has 0 aromatic heterocycles. The molecule has 1 N–H and O–H groups in total. The summed E-state index contributed by atoms with van der Waals surface area (Å²) in [7, 11) is 0. The first-order valence-corrected chi connectivity index (χ1v) is 9.53. The standard InChI is InChI=1S/C22H21N3O5/c23-13-18(22(26)24-14-20-5-3-11-29-20)12-17-4-1-2-6-21(17)30-15-16-7-9-19(10-8-16)25(27)28/h1-2,4,6-10,12,20H,3,5,11,14-15H2,(H,24,26)/b18-12+/t20-/m1/s1. The summed E-state index contributed by atoms with van der Waals surface area (Å²) in [5.74, 6) is 0.0358. The Hall–Kier alpha value is -3.70. The smallest absolute Gasteiger partial charge is 0.269 e. The Labute approximate surface area is 173 Å². The number of rotatable bonds is 8. The molecule has 30 heavy (non-hydrogen) atoms. The van der Waals surface area contributed by atoms with Crippen LogP contribution in [0.15, 0.2) is 54.1 Å². The minimum Gasteiger partial charge on any atom is -0.488 e. The van der Waals surface area contributed by atoms with E-state index >= 15 is 0 Å². The SMILES string of the molecule is N#C/C(=C\c1ccccc1OCc1ccc([N+](=O)[O-])cc1)C(=O)NC[C@H]1CCCO1. The number of nitrogens with one attached hydrogen (secondary N) is 1. The molecule has 1 fully saturated rings. The number of carbonyl (C=O) groups is 1. The van der Waals surface area contributed by atoms with Gasteiger partial charge in [-0.1, -0.05) is 18.2 Å². The summed E-state index contributed by atoms with van der Waals surface area (Å²) in [6, 6.07) is 15.0. The van der Waals surface area contributed by atoms with Gasteiger partial charge in [0.05, 0.1) is 11.0 Å². The highest BCUT2D eigenvalue weighted by Crippen LogP contribution is 2.23. The molecule has 0 saturated carbocycles. The number of carbonyl (C=O) groups excluding carboxylic acids is 1. The molecule has 0 aliphatic carbocycles. The van der Waals surface area contributed by atoms with Crippen molar-refractivity contribution in [1.82, 2.24) is 5.32 Å². The first kappa shape index (κ1) is 21.0. The van der Waals surface area contributed by atoms with Gasteiger partial charge >= 0.3 is 0 Å². The Morgan fingerprint density at radius 3 is 2.73 bits per heavy atom. The summed E-state index contributed by atoms with van der Waals surface area (Å²) in [4.78, 5) is 22.6. The van der Waals surface area contributed by atoms with Crippen molar-refractivity contribution in [3.05, 3.63) is 75.3 Å². The topological polar surface area (TPSA) is 114 Å². The summed E-state index contributed by atoms with van der Waals surface area (Å²) in [6.45, 7) is 1.26. The minimum absolute atomic E-state index is 0.00814. The Bertz CT molecular complexity index is 973. The zero-order valence-electron chi connectivity index (χ0n) is 16.2. The monoisotopic (exact) mass is 407 g/mol. The molecule has 2 aromatic carbocycles. The van der Waals surface area contributed by atoms with Crippen molar-refractivity contribution in [2.75, 3.05) is 13.2 Å². The van der Waals surface area contributed by atoms with E-state index in [0.29, 0.717) is 24.5 Å². The predicted octanol–water partition coefficient (Wildman–Crippen LogP) is 3.38. The number of hydrogen-bond donors (Lipinski definition) is 1. The number of nitriles is 1. The van der Waals surface area contributed by atoms with Gasteiger partial charge in [-0.05, 0) is 42.7 Å². The molecule has 1 atom stereocenters. The first-order valence-electron chi connectivity index (χ1n) is 9.53. The average Bonchev–Trinajstić information content (AvgIpc) is 3.29. The van der Waals surface area contributed by atoms with E-state index in [2.05, 4.69) is 5.32 Å². The largest absolute Gasteiger partial charge is 0.488 e. The zero-order valence-corrected chi connectivity index (χ0v) is 16.2. The fourth-order valence-corrected chi connectivity index (χ4v) is 3.02. The summed E-state index contributed by atoms with van der Waals surface area (Å²) < 4.78 is 11.3. The molecule has 1 aliphatic rings. The molecule has 1 amide bonds. The average molecular weight is 407 g/mol. The second kappa shape index (κ2) is 10.2. The highest BCUT2D eigenvalue weighted by Gasteiger charge is 2.18. The zero-order chi connectivity index (χ0) is 21.3. The molecule has 0 unspecified atom stereocenters. The van der Waals surface area contributed by atoms with E-state index in [1.54, 1.807) is 36.4 Å². The maximum absolute atomic E-state index is 12.4. The Balaban J connectivity index is 1.67. The predicted molar refractivity (Wildman–Crippen MR) is 109 cm³/mol. The van der Waals surface area contributed by atoms with Gasteiger partial charge in [0.15, 0.2) is 0 Å². The van der Waals surface area contributed by atoms with Crippen LogP contribution in [0.25, 0.3) is 6.08 Å². The summed E-state index contributed by atoms with van der Waals surface area (Å²) in [5, 5.41) is 22.9. The van der Waals surface area contributed by atoms with Crippen molar-refractivity contribution in [3.8, 4) is 11.8 Å². The molecular weight excluding hydrogens is 386 g/mol. The summed E-state index contributed by atoms with van der Waals surface area (Å²) in [6.07, 6.45) is 3.34. The lowest BCUT2D eigenvalue weighted by Gasteiger charge is -2.11. The van der Waals surface area contributed by atoms with E-state index < -0.39 is 10.8 Å². The van der Waals surface area contributed by atoms with Gasteiger partial charge in [-0.15, -0.1) is 0 Å². The number of nitro groups is 1. The van der Waals surface area contributed by atoms with E-state index in [1.807, 2.05) is 6.07 Å². The minimum atomic E-state index is -0.460. The van der Waals surface area contributed by atoms with Crippen LogP contribution in [0.5, 0.6) is 5.75 Å². The normalized spacial score (nSPS) is 16.0. The van der Waals surface area contributed by atoms with E-state index in [1.165, 1.54) is 18.2 Å². The van der Waals surface area contributed by atoms with Crippen molar-refractivity contribution in [3.63, 3.8) is 0 Å². The van der Waals surface area contributed by atoms with Gasteiger partial charge in [-0.2, -0.15) is 5.26 Å². The maximum atomic E-state index is 12.4. The fraction of sp³-hybridized carbons (Fsp3) is 0.273. The lowest BCUT2D eigenvalue weighted by molar-refractivity contribution is -0.384. The third kappa shape index (κ3) is 5.65. The lowest BCUT2D eigenvalue weighted by Crippen LogP contribution is -2.32. The van der Waals surface area contributed by atoms with E-state index in [0.717, 1.165) is 18.4 Å². The third-order valence-corrected chi connectivity index (χ3v) is 4.64. The van der Waals surface area contributed by atoms with Gasteiger partial charge < -0.3 is 14.8 Å². The van der Waals surface area contributed by atoms with Crippen LogP contribution in [-0.2, 0) is 16.1 Å². The maximum Gasteiger partial charge on any atom is 0.269 e. The number of benzene rings is 2. The van der Waals surface area contributed by atoms with Crippen molar-refractivity contribution >= 4 is 17.7 Å². The summed E-state index contributed by atoms with van der Waals surface area (Å²) >= 11 is 0. The fourth-order valence-electron chi connectivity index (χ4n) is 3.02. The van der Waals surface area contributed by atoms with E-state index in [-0.39, 0.29) is 24.0 Å². The van der Waals surface area contributed by atoms with Gasteiger partial charge in [0, 0.05) is 30.8 Å². The highest BCUT2D eigenvalue weighted by atomic mass is 16.6. The van der Waals surface area contributed by atoms with Crippen LogP contribution in [0.1, 0.15) is 24.0 Å². The molecular formula is C22H21N3O5. The number of non-ortho nitro benzene ring substituents is 1. The number of amides is 1. The van der Waals surface area contributed by atoms with E-state index in [4.69, 9.17) is 9.47 Å².